The van der Waals surface area contributed by atoms with Crippen molar-refractivity contribution in [3.05, 3.63) is 71.4 Å². The zero-order valence-corrected chi connectivity index (χ0v) is 17.0. The molecule has 29 heavy (non-hydrogen) atoms. The number of rotatable bonds is 2. The van der Waals surface area contributed by atoms with Crippen LogP contribution in [0.5, 0.6) is 0 Å². The summed E-state index contributed by atoms with van der Waals surface area (Å²) in [4.78, 5) is 6.69. The first-order chi connectivity index (χ1) is 15.2. The van der Waals surface area contributed by atoms with Crippen molar-refractivity contribution < 1.29 is 13.1 Å². The van der Waals surface area contributed by atoms with Gasteiger partial charge in [0.1, 0.15) is 17.5 Å². The molecule has 4 aromatic rings. The SMILES string of the molecule is [2H]C([2H])([2H])c1n(C)c(B2C(C)=Cc3oc4nc(C)ccc4c3N2C)c[n+]1-c1ccccc1. The number of allylic oxidation sites excluding steroid dienone is 1. The zero-order valence-electron chi connectivity index (χ0n) is 20.0. The molecule has 4 heterocycles. The summed E-state index contributed by atoms with van der Waals surface area (Å²) in [6.07, 6.45) is 3.97. The Morgan fingerprint density at radius 2 is 1.90 bits per heavy atom. The lowest BCUT2D eigenvalue weighted by molar-refractivity contribution is -0.601. The highest BCUT2D eigenvalue weighted by molar-refractivity contribution is 6.83. The molecular formula is C23H24BN4O+. The molecule has 5 nitrogen and oxygen atoms in total. The number of hydrogen-bond acceptors (Lipinski definition) is 3. The number of aromatic nitrogens is 3. The Morgan fingerprint density at radius 3 is 2.66 bits per heavy atom. The standard InChI is InChI=1S/C23H24BN4O/c1-15-13-20-22(19-12-11-16(2)25-23(19)29-20)27(5)24(15)21-14-28(17(3)26(21)4)18-9-7-6-8-10-18/h6-14H,1-5H3/q+1/i3D3. The minimum atomic E-state index is -2.28. The number of benzene rings is 1. The fraction of sp³-hybridized carbons (Fsp3) is 0.217. The second kappa shape index (κ2) is 6.37. The number of imidazole rings is 1. The highest BCUT2D eigenvalue weighted by Gasteiger charge is 2.39. The monoisotopic (exact) mass is 386 g/mol. The van der Waals surface area contributed by atoms with Gasteiger partial charge in [0, 0.05) is 16.7 Å². The van der Waals surface area contributed by atoms with Gasteiger partial charge in [-0.25, -0.2) is 14.1 Å². The fourth-order valence-corrected chi connectivity index (χ4v) is 4.29. The first kappa shape index (κ1) is 14.7. The minimum Gasteiger partial charge on any atom is -0.436 e. The van der Waals surface area contributed by atoms with Crippen molar-refractivity contribution in [1.82, 2.24) is 9.55 Å². The maximum atomic E-state index is 8.19. The van der Waals surface area contributed by atoms with Crippen molar-refractivity contribution in [3.8, 4) is 5.69 Å². The van der Waals surface area contributed by atoms with E-state index in [9.17, 15) is 0 Å². The lowest BCUT2D eigenvalue weighted by atomic mass is 9.50. The molecular weight excluding hydrogens is 359 g/mol. The van der Waals surface area contributed by atoms with Gasteiger partial charge in [0.25, 0.3) is 5.82 Å². The van der Waals surface area contributed by atoms with Crippen LogP contribution in [0.2, 0.25) is 0 Å². The zero-order chi connectivity index (χ0) is 22.8. The molecule has 0 unspecified atom stereocenters. The molecule has 1 aromatic carbocycles. The third-order valence-electron chi connectivity index (χ3n) is 5.73. The maximum absolute atomic E-state index is 8.19. The quantitative estimate of drug-likeness (QED) is 0.392. The third kappa shape index (κ3) is 2.63. The van der Waals surface area contributed by atoms with Crippen LogP contribution >= 0.6 is 0 Å². The molecule has 0 saturated heterocycles. The van der Waals surface area contributed by atoms with Gasteiger partial charge >= 0.3 is 6.85 Å². The second-order valence-electron chi connectivity index (χ2n) is 7.66. The van der Waals surface area contributed by atoms with Crippen LogP contribution in [0.15, 0.2) is 58.6 Å². The smallest absolute Gasteiger partial charge is 0.371 e. The van der Waals surface area contributed by atoms with Crippen molar-refractivity contribution in [2.45, 2.75) is 20.7 Å². The van der Waals surface area contributed by atoms with Crippen LogP contribution in [0.3, 0.4) is 0 Å². The van der Waals surface area contributed by atoms with Crippen LogP contribution in [0, 0.1) is 13.8 Å². The van der Waals surface area contributed by atoms with E-state index in [1.54, 1.807) is 9.13 Å². The van der Waals surface area contributed by atoms with Gasteiger partial charge in [-0.3, -0.25) is 0 Å². The third-order valence-corrected chi connectivity index (χ3v) is 5.73. The van der Waals surface area contributed by atoms with Crippen molar-refractivity contribution in [3.63, 3.8) is 0 Å². The van der Waals surface area contributed by atoms with Gasteiger partial charge in [0.15, 0.2) is 5.76 Å². The average molecular weight is 386 g/mol. The molecule has 1 aliphatic rings. The number of fused-ring (bicyclic) bond motifs is 3. The molecule has 0 atom stereocenters. The van der Waals surface area contributed by atoms with Gasteiger partial charge in [-0.2, -0.15) is 0 Å². The predicted octanol–water partition coefficient (Wildman–Crippen LogP) is 3.35. The van der Waals surface area contributed by atoms with E-state index in [0.29, 0.717) is 5.71 Å². The molecule has 0 spiro atoms. The largest absolute Gasteiger partial charge is 0.436 e. The minimum absolute atomic E-state index is 0.152. The molecule has 0 fully saturated rings. The molecule has 144 valence electrons. The molecule has 5 rings (SSSR count). The van der Waals surface area contributed by atoms with Crippen LogP contribution in [0.25, 0.3) is 22.9 Å². The fourth-order valence-electron chi connectivity index (χ4n) is 4.29. The Hall–Kier alpha value is -3.28. The second-order valence-corrected chi connectivity index (χ2v) is 7.66. The van der Waals surface area contributed by atoms with Gasteiger partial charge in [0.2, 0.25) is 5.71 Å². The maximum Gasteiger partial charge on any atom is 0.371 e. The number of para-hydroxylation sites is 1. The molecule has 1 aliphatic heterocycles. The van der Waals surface area contributed by atoms with E-state index in [-0.39, 0.29) is 12.7 Å². The van der Waals surface area contributed by atoms with Crippen molar-refractivity contribution >= 4 is 35.3 Å². The van der Waals surface area contributed by atoms with Crippen LogP contribution in [0.1, 0.15) is 28.3 Å². The summed E-state index contributed by atoms with van der Waals surface area (Å²) in [6, 6.07) is 13.6. The summed E-state index contributed by atoms with van der Waals surface area (Å²) >= 11 is 0. The summed E-state index contributed by atoms with van der Waals surface area (Å²) in [5.41, 5.74) is 5.24. The van der Waals surface area contributed by atoms with Crippen molar-refractivity contribution in [2.75, 3.05) is 11.9 Å². The molecule has 0 radical (unpaired) electrons. The topological polar surface area (TPSA) is 38.1 Å². The van der Waals surface area contributed by atoms with Gasteiger partial charge in [0.05, 0.1) is 18.1 Å². The van der Waals surface area contributed by atoms with Crippen LogP contribution in [-0.2, 0) is 7.05 Å². The van der Waals surface area contributed by atoms with E-state index in [1.165, 1.54) is 0 Å². The van der Waals surface area contributed by atoms with Gasteiger partial charge < -0.3 is 9.23 Å². The highest BCUT2D eigenvalue weighted by Crippen LogP contribution is 2.38. The Bertz CT molecular complexity index is 1370. The summed E-state index contributed by atoms with van der Waals surface area (Å²) in [5.74, 6) is 1.04. The number of anilines is 1. The van der Waals surface area contributed by atoms with Gasteiger partial charge in [-0.15, -0.1) is 0 Å². The highest BCUT2D eigenvalue weighted by atomic mass is 16.3. The Kier molecular flexibility index (Phi) is 3.23. The van der Waals surface area contributed by atoms with Crippen LogP contribution in [-0.4, -0.2) is 23.4 Å². The summed E-state index contributed by atoms with van der Waals surface area (Å²) in [5, 5.41) is 0.947. The number of hydrogen-bond donors (Lipinski definition) is 0. The number of nitrogens with zero attached hydrogens (tertiary/aromatic N) is 4. The van der Waals surface area contributed by atoms with Crippen LogP contribution < -0.4 is 15.0 Å². The van der Waals surface area contributed by atoms with E-state index in [1.807, 2.05) is 82.7 Å². The molecule has 0 amide bonds. The lowest BCUT2D eigenvalue weighted by Gasteiger charge is -2.29. The lowest BCUT2D eigenvalue weighted by Crippen LogP contribution is -2.52. The predicted molar refractivity (Wildman–Crippen MR) is 118 cm³/mol. The van der Waals surface area contributed by atoms with E-state index in [4.69, 9.17) is 8.53 Å². The van der Waals surface area contributed by atoms with E-state index < -0.39 is 6.85 Å². The van der Waals surface area contributed by atoms with Gasteiger partial charge in [-0.05, 0) is 51.2 Å². The van der Waals surface area contributed by atoms with E-state index in [2.05, 4.69) is 9.79 Å². The summed E-state index contributed by atoms with van der Waals surface area (Å²) < 4.78 is 34.2. The normalized spacial score (nSPS) is 15.7. The number of aryl methyl sites for hydroxylation is 1. The Labute approximate surface area is 175 Å². The molecule has 6 heteroatoms. The molecule has 0 N–H and O–H groups in total. The molecule has 3 aromatic heterocycles. The summed E-state index contributed by atoms with van der Waals surface area (Å²) in [6.45, 7) is 1.56. The molecule has 0 bridgehead atoms. The molecule has 0 aliphatic carbocycles. The van der Waals surface area contributed by atoms with Crippen molar-refractivity contribution in [2.24, 2.45) is 7.05 Å². The van der Waals surface area contributed by atoms with Gasteiger partial charge in [-0.1, -0.05) is 23.7 Å². The Balaban J connectivity index is 1.71. The van der Waals surface area contributed by atoms with E-state index in [0.717, 1.165) is 39.3 Å². The average Bonchev–Trinajstić information content (AvgIpc) is 3.25. The number of furan rings is 1. The van der Waals surface area contributed by atoms with Crippen LogP contribution in [0.4, 0.5) is 5.69 Å². The first-order valence-corrected chi connectivity index (χ1v) is 9.65. The van der Waals surface area contributed by atoms with Crippen molar-refractivity contribution in [1.29, 1.82) is 0 Å². The van der Waals surface area contributed by atoms with E-state index >= 15 is 0 Å². The Morgan fingerprint density at radius 1 is 1.10 bits per heavy atom. The first-order valence-electron chi connectivity index (χ1n) is 11.1. The number of pyridine rings is 1. The molecule has 0 saturated carbocycles. The summed E-state index contributed by atoms with van der Waals surface area (Å²) in [7, 11) is 3.84.